The molecule has 0 aromatic heterocycles. The molecule has 0 bridgehead atoms. The highest BCUT2D eigenvalue weighted by Gasteiger charge is 1.93. The topological polar surface area (TPSA) is 17.1 Å². The molecule has 0 amide bonds. The lowest BCUT2D eigenvalue weighted by molar-refractivity contribution is -0.117. The Hall–Kier alpha value is 0.0200. The van der Waals surface area contributed by atoms with Crippen molar-refractivity contribution in [2.24, 2.45) is 0 Å². The first-order valence-electron chi connectivity index (χ1n) is 4.84. The van der Waals surface area contributed by atoms with Gasteiger partial charge in [0.1, 0.15) is 5.78 Å². The van der Waals surface area contributed by atoms with Gasteiger partial charge in [0.05, 0.1) is 0 Å². The average Bonchev–Trinajstić information content (AvgIpc) is 2.02. The average molecular weight is 188 g/mol. The fourth-order valence-electron chi connectivity index (χ4n) is 1.00. The van der Waals surface area contributed by atoms with E-state index in [-0.39, 0.29) is 0 Å². The molecule has 0 fully saturated rings. The molecule has 0 radical (unpaired) electrons. The van der Waals surface area contributed by atoms with E-state index in [2.05, 4.69) is 6.92 Å². The fourth-order valence-corrected chi connectivity index (χ4v) is 1.90. The van der Waals surface area contributed by atoms with E-state index in [0.717, 1.165) is 12.8 Å². The maximum absolute atomic E-state index is 10.6. The lowest BCUT2D eigenvalue weighted by atomic mass is 10.2. The van der Waals surface area contributed by atoms with Gasteiger partial charge in [-0.15, -0.1) is 0 Å². The van der Waals surface area contributed by atoms with Gasteiger partial charge in [0.15, 0.2) is 0 Å². The zero-order valence-electron chi connectivity index (χ0n) is 8.27. The van der Waals surface area contributed by atoms with Crippen LogP contribution in [0.3, 0.4) is 0 Å². The van der Waals surface area contributed by atoms with Gasteiger partial charge < -0.3 is 4.79 Å². The summed E-state index contributed by atoms with van der Waals surface area (Å²) in [5, 5.41) is 0. The molecular formula is C10H20OS. The van der Waals surface area contributed by atoms with Crippen molar-refractivity contribution in [1.29, 1.82) is 0 Å². The molecule has 0 aliphatic rings. The van der Waals surface area contributed by atoms with E-state index in [1.54, 1.807) is 6.92 Å². The van der Waals surface area contributed by atoms with Gasteiger partial charge >= 0.3 is 0 Å². The summed E-state index contributed by atoms with van der Waals surface area (Å²) in [6, 6.07) is 0. The van der Waals surface area contributed by atoms with Crippen molar-refractivity contribution in [2.75, 3.05) is 11.5 Å². The van der Waals surface area contributed by atoms with Crippen LogP contribution in [0.2, 0.25) is 0 Å². The van der Waals surface area contributed by atoms with E-state index in [1.807, 2.05) is 11.8 Å². The SMILES string of the molecule is CCCSCCCCCC(C)=O. The van der Waals surface area contributed by atoms with Gasteiger partial charge in [-0.2, -0.15) is 11.8 Å². The van der Waals surface area contributed by atoms with Crippen LogP contribution in [0.5, 0.6) is 0 Å². The molecule has 1 nitrogen and oxygen atoms in total. The maximum atomic E-state index is 10.6. The van der Waals surface area contributed by atoms with Crippen molar-refractivity contribution in [3.8, 4) is 0 Å². The summed E-state index contributed by atoms with van der Waals surface area (Å²) in [6.45, 7) is 3.88. The van der Waals surface area contributed by atoms with Crippen molar-refractivity contribution in [1.82, 2.24) is 0 Å². The molecule has 0 aromatic rings. The van der Waals surface area contributed by atoms with Crippen LogP contribution < -0.4 is 0 Å². The minimum Gasteiger partial charge on any atom is -0.300 e. The van der Waals surface area contributed by atoms with E-state index in [0.29, 0.717) is 5.78 Å². The van der Waals surface area contributed by atoms with Crippen molar-refractivity contribution < 1.29 is 4.79 Å². The highest BCUT2D eigenvalue weighted by atomic mass is 32.2. The lowest BCUT2D eigenvalue weighted by Gasteiger charge is -1.98. The van der Waals surface area contributed by atoms with Gasteiger partial charge in [-0.3, -0.25) is 0 Å². The van der Waals surface area contributed by atoms with Crippen LogP contribution in [0.15, 0.2) is 0 Å². The van der Waals surface area contributed by atoms with E-state index in [1.165, 1.54) is 30.8 Å². The van der Waals surface area contributed by atoms with Crippen LogP contribution in [0.4, 0.5) is 0 Å². The van der Waals surface area contributed by atoms with Crippen molar-refractivity contribution in [3.05, 3.63) is 0 Å². The van der Waals surface area contributed by atoms with Gasteiger partial charge in [-0.05, 0) is 37.7 Å². The number of carbonyl (C=O) groups is 1. The number of unbranched alkanes of at least 4 members (excludes halogenated alkanes) is 2. The maximum Gasteiger partial charge on any atom is 0.129 e. The second kappa shape index (κ2) is 9.11. The lowest BCUT2D eigenvalue weighted by Crippen LogP contribution is -1.90. The summed E-state index contributed by atoms with van der Waals surface area (Å²) in [7, 11) is 0. The predicted molar refractivity (Wildman–Crippen MR) is 56.8 cm³/mol. The van der Waals surface area contributed by atoms with Crippen LogP contribution in [0, 0.1) is 0 Å². The minimum absolute atomic E-state index is 0.330. The molecule has 0 rings (SSSR count). The summed E-state index contributed by atoms with van der Waals surface area (Å²) in [5.74, 6) is 2.88. The first-order chi connectivity index (χ1) is 5.77. The quantitative estimate of drug-likeness (QED) is 0.544. The Morgan fingerprint density at radius 3 is 2.50 bits per heavy atom. The van der Waals surface area contributed by atoms with E-state index < -0.39 is 0 Å². The van der Waals surface area contributed by atoms with Crippen LogP contribution in [0.1, 0.15) is 46.0 Å². The Morgan fingerprint density at radius 1 is 1.17 bits per heavy atom. The molecule has 0 heterocycles. The molecule has 0 unspecified atom stereocenters. The third-order valence-electron chi connectivity index (χ3n) is 1.67. The van der Waals surface area contributed by atoms with Gasteiger partial charge in [-0.1, -0.05) is 13.3 Å². The monoisotopic (exact) mass is 188 g/mol. The molecule has 72 valence electrons. The zero-order chi connectivity index (χ0) is 9.23. The molecule has 2 heteroatoms. The zero-order valence-corrected chi connectivity index (χ0v) is 9.08. The highest BCUT2D eigenvalue weighted by molar-refractivity contribution is 7.99. The van der Waals surface area contributed by atoms with E-state index in [4.69, 9.17) is 0 Å². The largest absolute Gasteiger partial charge is 0.300 e. The van der Waals surface area contributed by atoms with Crippen LogP contribution in [0.25, 0.3) is 0 Å². The third kappa shape index (κ3) is 10.0. The molecule has 0 spiro atoms. The number of Topliss-reactive ketones (excluding diaryl/α,β-unsaturated/α-hetero) is 1. The summed E-state index contributed by atoms with van der Waals surface area (Å²) >= 11 is 2.03. The van der Waals surface area contributed by atoms with Gasteiger partial charge in [-0.25, -0.2) is 0 Å². The van der Waals surface area contributed by atoms with Crippen molar-refractivity contribution >= 4 is 17.5 Å². The number of rotatable bonds is 8. The Balaban J connectivity index is 2.86. The predicted octanol–water partition coefficient (Wildman–Crippen LogP) is 3.28. The summed E-state index contributed by atoms with van der Waals surface area (Å²) in [6.07, 6.45) is 5.63. The van der Waals surface area contributed by atoms with E-state index >= 15 is 0 Å². The standard InChI is InChI=1S/C10H20OS/c1-3-8-12-9-6-4-5-7-10(2)11/h3-9H2,1-2H3. The second-order valence-corrected chi connectivity index (χ2v) is 4.35. The molecule has 0 atom stereocenters. The van der Waals surface area contributed by atoms with Gasteiger partial charge in [0, 0.05) is 6.42 Å². The normalized spacial score (nSPS) is 10.2. The van der Waals surface area contributed by atoms with Crippen LogP contribution in [-0.2, 0) is 4.79 Å². The first-order valence-corrected chi connectivity index (χ1v) is 6.00. The molecule has 0 aliphatic carbocycles. The number of carbonyl (C=O) groups excluding carboxylic acids is 1. The molecule has 0 aliphatic heterocycles. The first kappa shape index (κ1) is 12.0. The van der Waals surface area contributed by atoms with Crippen molar-refractivity contribution in [3.63, 3.8) is 0 Å². The molecule has 0 saturated heterocycles. The van der Waals surface area contributed by atoms with Gasteiger partial charge in [0.25, 0.3) is 0 Å². The highest BCUT2D eigenvalue weighted by Crippen LogP contribution is 2.08. The molecule has 0 aromatic carbocycles. The number of hydrogen-bond donors (Lipinski definition) is 0. The minimum atomic E-state index is 0.330. The summed E-state index contributed by atoms with van der Waals surface area (Å²) in [5.41, 5.74) is 0. The van der Waals surface area contributed by atoms with Gasteiger partial charge in [0.2, 0.25) is 0 Å². The Labute approximate surface area is 80.3 Å². The van der Waals surface area contributed by atoms with E-state index in [9.17, 15) is 4.79 Å². The van der Waals surface area contributed by atoms with Crippen LogP contribution in [-0.4, -0.2) is 17.3 Å². The van der Waals surface area contributed by atoms with Crippen molar-refractivity contribution in [2.45, 2.75) is 46.0 Å². The Morgan fingerprint density at radius 2 is 1.92 bits per heavy atom. The molecule has 0 N–H and O–H groups in total. The third-order valence-corrected chi connectivity index (χ3v) is 2.94. The van der Waals surface area contributed by atoms with Crippen LogP contribution >= 0.6 is 11.8 Å². The molecular weight excluding hydrogens is 168 g/mol. The summed E-state index contributed by atoms with van der Waals surface area (Å²) in [4.78, 5) is 10.6. The Bertz CT molecular complexity index is 112. The smallest absolute Gasteiger partial charge is 0.129 e. The molecule has 0 saturated carbocycles. The summed E-state index contributed by atoms with van der Waals surface area (Å²) < 4.78 is 0. The number of ketones is 1. The molecule has 12 heavy (non-hydrogen) atoms. The number of thioether (sulfide) groups is 1. The number of hydrogen-bond acceptors (Lipinski definition) is 2. The Kier molecular flexibility index (Phi) is 9.13. The fraction of sp³-hybridized carbons (Fsp3) is 0.900. The second-order valence-electron chi connectivity index (χ2n) is 3.13.